The predicted molar refractivity (Wildman–Crippen MR) is 50.2 cm³/mol. The van der Waals surface area contributed by atoms with Gasteiger partial charge in [0.1, 0.15) is 0 Å². The smallest absolute Gasteiger partial charge is 0.0669 e. The highest BCUT2D eigenvalue weighted by Gasteiger charge is 1.95. The SMILES string of the molecule is [CH2]C=Cc1ccccc1CC#N. The molecule has 12 heavy (non-hydrogen) atoms. The van der Waals surface area contributed by atoms with Gasteiger partial charge in [0.15, 0.2) is 0 Å². The van der Waals surface area contributed by atoms with Gasteiger partial charge >= 0.3 is 0 Å². The second kappa shape index (κ2) is 4.35. The van der Waals surface area contributed by atoms with Crippen molar-refractivity contribution in [1.82, 2.24) is 0 Å². The molecule has 1 heteroatoms. The Kier molecular flexibility index (Phi) is 3.10. The van der Waals surface area contributed by atoms with Crippen LogP contribution in [-0.2, 0) is 6.42 Å². The van der Waals surface area contributed by atoms with E-state index in [2.05, 4.69) is 13.0 Å². The van der Waals surface area contributed by atoms with Gasteiger partial charge in [0.05, 0.1) is 12.5 Å². The molecule has 0 aliphatic rings. The highest BCUT2D eigenvalue weighted by Crippen LogP contribution is 2.10. The monoisotopic (exact) mass is 156 g/mol. The summed E-state index contributed by atoms with van der Waals surface area (Å²) in [6.07, 6.45) is 4.10. The van der Waals surface area contributed by atoms with Crippen molar-refractivity contribution in [2.24, 2.45) is 0 Å². The zero-order valence-corrected chi connectivity index (χ0v) is 6.83. The molecule has 1 rings (SSSR count). The number of hydrogen-bond donors (Lipinski definition) is 0. The summed E-state index contributed by atoms with van der Waals surface area (Å²) in [4.78, 5) is 0. The highest BCUT2D eigenvalue weighted by atomic mass is 14.2. The minimum absolute atomic E-state index is 0.459. The van der Waals surface area contributed by atoms with E-state index in [9.17, 15) is 0 Å². The van der Waals surface area contributed by atoms with Crippen LogP contribution < -0.4 is 0 Å². The van der Waals surface area contributed by atoms with Crippen LogP contribution in [0.1, 0.15) is 11.1 Å². The molecule has 1 nitrogen and oxygen atoms in total. The zero-order chi connectivity index (χ0) is 8.81. The maximum atomic E-state index is 8.52. The summed E-state index contributed by atoms with van der Waals surface area (Å²) in [5.41, 5.74) is 2.13. The van der Waals surface area contributed by atoms with Crippen LogP contribution in [0.3, 0.4) is 0 Å². The predicted octanol–water partition coefficient (Wildman–Crippen LogP) is 2.60. The lowest BCUT2D eigenvalue weighted by atomic mass is 10.1. The van der Waals surface area contributed by atoms with Crippen molar-refractivity contribution < 1.29 is 0 Å². The van der Waals surface area contributed by atoms with E-state index in [1.807, 2.05) is 30.3 Å². The van der Waals surface area contributed by atoms with Crippen molar-refractivity contribution in [3.05, 3.63) is 48.4 Å². The van der Waals surface area contributed by atoms with E-state index in [1.54, 1.807) is 6.08 Å². The summed E-state index contributed by atoms with van der Waals surface area (Å²) >= 11 is 0. The normalized spacial score (nSPS) is 10.0. The second-order valence-corrected chi connectivity index (χ2v) is 2.44. The molecule has 0 saturated carbocycles. The van der Waals surface area contributed by atoms with Gasteiger partial charge in [-0.05, 0) is 18.1 Å². The van der Waals surface area contributed by atoms with Gasteiger partial charge in [0.2, 0.25) is 0 Å². The quantitative estimate of drug-likeness (QED) is 0.645. The second-order valence-electron chi connectivity index (χ2n) is 2.44. The molecule has 0 amide bonds. The van der Waals surface area contributed by atoms with Gasteiger partial charge in [0, 0.05) is 0 Å². The first kappa shape index (κ1) is 8.55. The van der Waals surface area contributed by atoms with Crippen molar-refractivity contribution in [2.45, 2.75) is 6.42 Å². The van der Waals surface area contributed by atoms with E-state index < -0.39 is 0 Å². The molecule has 1 radical (unpaired) electrons. The van der Waals surface area contributed by atoms with Crippen LogP contribution in [0, 0.1) is 18.3 Å². The first-order valence-corrected chi connectivity index (χ1v) is 3.79. The Balaban J connectivity index is 3.01. The average Bonchev–Trinajstić information content (AvgIpc) is 2.09. The molecule has 0 aliphatic heterocycles. The minimum Gasteiger partial charge on any atom is -0.198 e. The van der Waals surface area contributed by atoms with Crippen LogP contribution in [-0.4, -0.2) is 0 Å². The van der Waals surface area contributed by atoms with Gasteiger partial charge in [-0.1, -0.05) is 36.4 Å². The van der Waals surface area contributed by atoms with Crippen molar-refractivity contribution in [1.29, 1.82) is 5.26 Å². The molecule has 0 fully saturated rings. The third kappa shape index (κ3) is 1.96. The maximum absolute atomic E-state index is 8.52. The van der Waals surface area contributed by atoms with E-state index in [1.165, 1.54) is 0 Å². The Bertz CT molecular complexity index is 318. The first-order chi connectivity index (χ1) is 5.88. The molecular formula is C11H10N. The molecule has 0 aromatic heterocycles. The molecule has 0 unspecified atom stereocenters. The Hall–Kier alpha value is -1.55. The first-order valence-electron chi connectivity index (χ1n) is 3.79. The third-order valence-corrected chi connectivity index (χ3v) is 1.62. The van der Waals surface area contributed by atoms with E-state index in [4.69, 9.17) is 5.26 Å². The Morgan fingerprint density at radius 3 is 2.83 bits per heavy atom. The number of nitriles is 1. The number of rotatable bonds is 2. The summed E-state index contributed by atoms with van der Waals surface area (Å²) in [6, 6.07) is 9.96. The van der Waals surface area contributed by atoms with Gasteiger partial charge in [-0.2, -0.15) is 5.26 Å². The molecule has 0 saturated heterocycles. The molecular weight excluding hydrogens is 146 g/mol. The molecule has 0 bridgehead atoms. The lowest BCUT2D eigenvalue weighted by molar-refractivity contribution is 1.25. The number of hydrogen-bond acceptors (Lipinski definition) is 1. The van der Waals surface area contributed by atoms with Crippen molar-refractivity contribution in [3.63, 3.8) is 0 Å². The summed E-state index contributed by atoms with van der Waals surface area (Å²) in [6.45, 7) is 3.62. The summed E-state index contributed by atoms with van der Waals surface area (Å²) in [7, 11) is 0. The summed E-state index contributed by atoms with van der Waals surface area (Å²) in [5.74, 6) is 0. The van der Waals surface area contributed by atoms with E-state index >= 15 is 0 Å². The average molecular weight is 156 g/mol. The zero-order valence-electron chi connectivity index (χ0n) is 6.83. The molecule has 0 spiro atoms. The minimum atomic E-state index is 0.459. The van der Waals surface area contributed by atoms with Crippen LogP contribution in [0.5, 0.6) is 0 Å². The molecule has 0 aliphatic carbocycles. The topological polar surface area (TPSA) is 23.8 Å². The van der Waals surface area contributed by atoms with E-state index in [0.717, 1.165) is 11.1 Å². The Morgan fingerprint density at radius 2 is 2.17 bits per heavy atom. The summed E-state index contributed by atoms with van der Waals surface area (Å²) in [5, 5.41) is 8.52. The third-order valence-electron chi connectivity index (χ3n) is 1.62. The van der Waals surface area contributed by atoms with Crippen LogP contribution in [0.15, 0.2) is 30.3 Å². The van der Waals surface area contributed by atoms with Gasteiger partial charge in [0.25, 0.3) is 0 Å². The molecule has 59 valence electrons. The van der Waals surface area contributed by atoms with E-state index in [0.29, 0.717) is 6.42 Å². The van der Waals surface area contributed by atoms with Crippen LogP contribution in [0.2, 0.25) is 0 Å². The fourth-order valence-electron chi connectivity index (χ4n) is 1.07. The van der Waals surface area contributed by atoms with Crippen molar-refractivity contribution in [3.8, 4) is 6.07 Å². The van der Waals surface area contributed by atoms with Crippen LogP contribution >= 0.6 is 0 Å². The maximum Gasteiger partial charge on any atom is 0.0669 e. The Labute approximate surface area is 73.0 Å². The van der Waals surface area contributed by atoms with Gasteiger partial charge < -0.3 is 0 Å². The van der Waals surface area contributed by atoms with Gasteiger partial charge in [-0.25, -0.2) is 0 Å². The van der Waals surface area contributed by atoms with Crippen LogP contribution in [0.4, 0.5) is 0 Å². The Morgan fingerprint density at radius 1 is 1.42 bits per heavy atom. The van der Waals surface area contributed by atoms with Crippen LogP contribution in [0.25, 0.3) is 6.08 Å². The van der Waals surface area contributed by atoms with Crippen molar-refractivity contribution in [2.75, 3.05) is 0 Å². The lowest BCUT2D eigenvalue weighted by Crippen LogP contribution is -1.85. The fourth-order valence-corrected chi connectivity index (χ4v) is 1.07. The van der Waals surface area contributed by atoms with Gasteiger partial charge in [-0.3, -0.25) is 0 Å². The molecule has 0 atom stereocenters. The molecule has 1 aromatic rings. The van der Waals surface area contributed by atoms with Gasteiger partial charge in [-0.15, -0.1) is 0 Å². The number of benzene rings is 1. The standard InChI is InChI=1S/C11H10N/c1-2-5-10-6-3-4-7-11(10)8-9-12/h2-7H,1,8H2. The molecule has 1 aromatic carbocycles. The molecule has 0 heterocycles. The highest BCUT2D eigenvalue weighted by molar-refractivity contribution is 5.54. The fraction of sp³-hybridized carbons (Fsp3) is 0.0909. The number of nitrogens with zero attached hydrogens (tertiary/aromatic N) is 1. The van der Waals surface area contributed by atoms with Crippen molar-refractivity contribution >= 4 is 6.08 Å². The largest absolute Gasteiger partial charge is 0.198 e. The number of allylic oxidation sites excluding steroid dienone is 1. The summed E-state index contributed by atoms with van der Waals surface area (Å²) < 4.78 is 0. The molecule has 0 N–H and O–H groups in total. The lowest BCUT2D eigenvalue weighted by Gasteiger charge is -1.99. The van der Waals surface area contributed by atoms with E-state index in [-0.39, 0.29) is 0 Å².